The maximum atomic E-state index is 13.2. The van der Waals surface area contributed by atoms with Crippen LogP contribution in [0.3, 0.4) is 0 Å². The Morgan fingerprint density at radius 1 is 0.794 bits per heavy atom. The molecule has 0 N–H and O–H groups in total. The largest absolute Gasteiger partial charge is 0.353 e. The lowest BCUT2D eigenvalue weighted by Crippen LogP contribution is -2.50. The number of benzene rings is 1. The monoisotopic (exact) mass is 474 g/mol. The lowest BCUT2D eigenvalue weighted by atomic mass is 9.50. The van der Waals surface area contributed by atoms with Gasteiger partial charge in [-0.3, -0.25) is 19.4 Å². The fraction of sp³-hybridized carbons (Fsp3) is 0.519. The van der Waals surface area contributed by atoms with E-state index in [1.54, 1.807) is 16.4 Å². The molecular formula is C27H30N4O2S. The highest BCUT2D eigenvalue weighted by molar-refractivity contribution is 7.13. The van der Waals surface area contributed by atoms with E-state index in [0.29, 0.717) is 18.4 Å². The SMILES string of the molecule is O=C1C2C3C=CC(C4C=CC43)C2C(=O)N1CCCCN1CCN(c2nsc3ccccc23)CC1. The zero-order valence-corrected chi connectivity index (χ0v) is 20.1. The molecule has 8 rings (SSSR count). The van der Waals surface area contributed by atoms with Crippen molar-refractivity contribution in [1.29, 1.82) is 0 Å². The van der Waals surface area contributed by atoms with Crippen LogP contribution in [-0.2, 0) is 9.59 Å². The molecule has 34 heavy (non-hydrogen) atoms. The number of unbranched alkanes of at least 4 members (excludes halogenated alkanes) is 1. The molecule has 0 spiro atoms. The molecule has 2 aromatic rings. The van der Waals surface area contributed by atoms with Crippen molar-refractivity contribution >= 4 is 39.3 Å². The first kappa shape index (κ1) is 20.8. The summed E-state index contributed by atoms with van der Waals surface area (Å²) in [4.78, 5) is 32.9. The van der Waals surface area contributed by atoms with E-state index in [9.17, 15) is 9.59 Å². The molecule has 1 aromatic carbocycles. The third kappa shape index (κ3) is 3.06. The second-order valence-corrected chi connectivity index (χ2v) is 11.3. The van der Waals surface area contributed by atoms with E-state index in [1.165, 1.54) is 10.1 Å². The molecule has 6 nitrogen and oxygen atoms in total. The van der Waals surface area contributed by atoms with Gasteiger partial charge in [-0.1, -0.05) is 36.4 Å². The quantitative estimate of drug-likeness (QED) is 0.365. The molecule has 6 aliphatic rings. The van der Waals surface area contributed by atoms with Gasteiger partial charge in [0, 0.05) is 38.1 Å². The number of amides is 2. The number of allylic oxidation sites excluding steroid dienone is 4. The van der Waals surface area contributed by atoms with Gasteiger partial charge in [-0.2, -0.15) is 4.37 Å². The molecule has 176 valence electrons. The first-order valence-electron chi connectivity index (χ1n) is 12.7. The number of anilines is 1. The molecule has 1 saturated carbocycles. The summed E-state index contributed by atoms with van der Waals surface area (Å²) in [5, 5.41) is 1.26. The van der Waals surface area contributed by atoms with Crippen molar-refractivity contribution in [3.05, 3.63) is 48.6 Å². The van der Waals surface area contributed by atoms with Crippen molar-refractivity contribution in [1.82, 2.24) is 14.2 Å². The Morgan fingerprint density at radius 2 is 1.41 bits per heavy atom. The highest BCUT2D eigenvalue weighted by Crippen LogP contribution is 2.58. The minimum absolute atomic E-state index is 0.0946. The van der Waals surface area contributed by atoms with Gasteiger partial charge in [-0.25, -0.2) is 0 Å². The van der Waals surface area contributed by atoms with Crippen LogP contribution in [0.1, 0.15) is 12.8 Å². The Labute approximate surface area is 204 Å². The Hall–Kier alpha value is -2.51. The number of fused-ring (bicyclic) bond motifs is 1. The maximum Gasteiger partial charge on any atom is 0.233 e. The smallest absolute Gasteiger partial charge is 0.233 e. The molecule has 2 aliphatic heterocycles. The summed E-state index contributed by atoms with van der Waals surface area (Å²) in [6.45, 7) is 5.65. The van der Waals surface area contributed by atoms with Crippen LogP contribution in [-0.4, -0.2) is 65.3 Å². The fourth-order valence-corrected chi connectivity index (χ4v) is 7.86. The fourth-order valence-electron chi connectivity index (χ4n) is 7.06. The molecule has 4 aliphatic carbocycles. The van der Waals surface area contributed by atoms with E-state index in [2.05, 4.69) is 58.4 Å². The first-order chi connectivity index (χ1) is 16.7. The van der Waals surface area contributed by atoms with Gasteiger partial charge in [0.1, 0.15) is 5.82 Å². The number of hydrogen-bond acceptors (Lipinski definition) is 6. The summed E-state index contributed by atoms with van der Waals surface area (Å²) < 4.78 is 5.96. The summed E-state index contributed by atoms with van der Waals surface area (Å²) in [7, 11) is 0. The standard InChI is InChI=1S/C27H30N4O2S/c32-26-23-19-9-10-20(18-8-7-17(18)19)24(23)27(33)31(26)12-4-3-11-29-13-15-30(16-14-29)25-21-5-1-2-6-22(21)34-28-25/h1-2,5-10,17-20,23-24H,3-4,11-16H2. The number of aromatic nitrogens is 1. The van der Waals surface area contributed by atoms with Crippen LogP contribution in [0.4, 0.5) is 5.82 Å². The van der Waals surface area contributed by atoms with Gasteiger partial charge in [0.25, 0.3) is 0 Å². The number of rotatable bonds is 6. The van der Waals surface area contributed by atoms with Crippen LogP contribution >= 0.6 is 11.5 Å². The maximum absolute atomic E-state index is 13.2. The van der Waals surface area contributed by atoms with E-state index >= 15 is 0 Å². The van der Waals surface area contributed by atoms with Crippen LogP contribution in [0.2, 0.25) is 0 Å². The van der Waals surface area contributed by atoms with Gasteiger partial charge >= 0.3 is 0 Å². The summed E-state index contributed by atoms with van der Waals surface area (Å²) in [6, 6.07) is 8.46. The normalized spacial score (nSPS) is 34.1. The van der Waals surface area contributed by atoms with Crippen LogP contribution < -0.4 is 4.90 Å². The van der Waals surface area contributed by atoms with Crippen molar-refractivity contribution in [2.24, 2.45) is 35.5 Å². The van der Waals surface area contributed by atoms with Crippen LogP contribution in [0.15, 0.2) is 48.6 Å². The average molecular weight is 475 g/mol. The van der Waals surface area contributed by atoms with E-state index in [-0.39, 0.29) is 35.5 Å². The minimum atomic E-state index is -0.108. The molecule has 2 bridgehead atoms. The molecule has 3 heterocycles. The number of carbonyl (C=O) groups is 2. The van der Waals surface area contributed by atoms with E-state index in [4.69, 9.17) is 4.37 Å². The number of piperazine rings is 1. The van der Waals surface area contributed by atoms with Crippen molar-refractivity contribution in [2.75, 3.05) is 44.2 Å². The van der Waals surface area contributed by atoms with Gasteiger partial charge in [0.2, 0.25) is 11.8 Å². The number of likely N-dealkylation sites (tertiary alicyclic amines) is 1. The predicted octanol–water partition coefficient (Wildman–Crippen LogP) is 3.42. The average Bonchev–Trinajstić information content (AvgIpc) is 3.37. The molecule has 1 aromatic heterocycles. The van der Waals surface area contributed by atoms with E-state index in [0.717, 1.165) is 51.4 Å². The second kappa shape index (κ2) is 8.02. The third-order valence-corrected chi connectivity index (χ3v) is 9.72. The molecule has 7 heteroatoms. The highest BCUT2D eigenvalue weighted by atomic mass is 32.1. The van der Waals surface area contributed by atoms with Crippen LogP contribution in [0.5, 0.6) is 0 Å². The Morgan fingerprint density at radius 3 is 2.09 bits per heavy atom. The van der Waals surface area contributed by atoms with E-state index in [1.807, 2.05) is 0 Å². The van der Waals surface area contributed by atoms with Crippen molar-refractivity contribution in [2.45, 2.75) is 12.8 Å². The first-order valence-corrected chi connectivity index (χ1v) is 13.5. The lowest BCUT2D eigenvalue weighted by Gasteiger charge is -2.51. The second-order valence-electron chi connectivity index (χ2n) is 10.5. The molecule has 3 fully saturated rings. The molecule has 2 saturated heterocycles. The zero-order chi connectivity index (χ0) is 22.8. The van der Waals surface area contributed by atoms with Crippen molar-refractivity contribution in [3.8, 4) is 0 Å². The van der Waals surface area contributed by atoms with Crippen molar-refractivity contribution < 1.29 is 9.59 Å². The Kier molecular flexibility index (Phi) is 4.91. The van der Waals surface area contributed by atoms with Gasteiger partial charge in [0.15, 0.2) is 0 Å². The molecule has 6 atom stereocenters. The summed E-state index contributed by atoms with van der Waals surface area (Å²) in [5.74, 6) is 2.53. The number of imide groups is 1. The highest BCUT2D eigenvalue weighted by Gasteiger charge is 2.62. The summed E-state index contributed by atoms with van der Waals surface area (Å²) >= 11 is 1.58. The van der Waals surface area contributed by atoms with Crippen molar-refractivity contribution in [3.63, 3.8) is 0 Å². The van der Waals surface area contributed by atoms with E-state index < -0.39 is 0 Å². The lowest BCUT2D eigenvalue weighted by molar-refractivity contribution is -0.140. The number of nitrogens with zero attached hydrogens (tertiary/aromatic N) is 4. The molecule has 2 amide bonds. The van der Waals surface area contributed by atoms with Crippen LogP contribution in [0.25, 0.3) is 10.1 Å². The van der Waals surface area contributed by atoms with Gasteiger partial charge in [-0.15, -0.1) is 0 Å². The van der Waals surface area contributed by atoms with Crippen LogP contribution in [0, 0.1) is 35.5 Å². The third-order valence-electron chi connectivity index (χ3n) is 8.90. The summed E-state index contributed by atoms with van der Waals surface area (Å²) in [5.41, 5.74) is 0. The van der Waals surface area contributed by atoms with Gasteiger partial charge in [0.05, 0.1) is 16.5 Å². The minimum Gasteiger partial charge on any atom is -0.353 e. The Bertz CT molecular complexity index is 1160. The van der Waals surface area contributed by atoms with Gasteiger partial charge in [-0.05, 0) is 66.7 Å². The molecular weight excluding hydrogens is 444 g/mol. The van der Waals surface area contributed by atoms with Gasteiger partial charge < -0.3 is 4.90 Å². The zero-order valence-electron chi connectivity index (χ0n) is 19.3. The topological polar surface area (TPSA) is 56.8 Å². The number of hydrogen-bond donors (Lipinski definition) is 0. The Balaban J connectivity index is 0.905. The predicted molar refractivity (Wildman–Crippen MR) is 133 cm³/mol. The number of carbonyl (C=O) groups excluding carboxylic acids is 2. The summed E-state index contributed by atoms with van der Waals surface area (Å²) in [6.07, 6.45) is 10.8. The molecule has 6 unspecified atom stereocenters. The molecule has 0 radical (unpaired) electrons.